The molecular formula is C23H23Cl2N5O3S. The number of carbonyl (C=O) groups excluding carboxylic acids is 1. The molecule has 1 aliphatic rings. The lowest BCUT2D eigenvalue weighted by atomic mass is 10.2. The lowest BCUT2D eigenvalue weighted by Crippen LogP contribution is -2.48. The maximum absolute atomic E-state index is 13.1. The molecule has 1 saturated heterocycles. The number of nitrogens with one attached hydrogen (secondary N) is 2. The molecule has 3 aromatic rings. The molecule has 0 bridgehead atoms. The van der Waals surface area contributed by atoms with Gasteiger partial charge in [0, 0.05) is 56.5 Å². The lowest BCUT2D eigenvalue weighted by molar-refractivity contribution is 0.251. The maximum atomic E-state index is 13.1. The van der Waals surface area contributed by atoms with Gasteiger partial charge in [0.2, 0.25) is 10.0 Å². The predicted molar refractivity (Wildman–Crippen MR) is 134 cm³/mol. The second-order valence-corrected chi connectivity index (χ2v) is 10.4. The molecule has 2 amide bonds. The van der Waals surface area contributed by atoms with Gasteiger partial charge in [-0.2, -0.15) is 4.31 Å². The number of urea groups is 1. The molecule has 0 radical (unpaired) electrons. The molecule has 2 N–H and O–H groups in total. The van der Waals surface area contributed by atoms with Crippen molar-refractivity contribution in [2.75, 3.05) is 36.4 Å². The molecule has 8 nitrogen and oxygen atoms in total. The molecule has 4 rings (SSSR count). The molecule has 0 spiro atoms. The number of rotatable bonds is 6. The quantitative estimate of drug-likeness (QED) is 0.508. The summed E-state index contributed by atoms with van der Waals surface area (Å²) in [6.45, 7) is 2.10. The number of pyridine rings is 1. The summed E-state index contributed by atoms with van der Waals surface area (Å²) in [5, 5.41) is 6.38. The van der Waals surface area contributed by atoms with Gasteiger partial charge in [0.15, 0.2) is 0 Å². The predicted octanol–water partition coefficient (Wildman–Crippen LogP) is 4.22. The van der Waals surface area contributed by atoms with Gasteiger partial charge in [0.1, 0.15) is 0 Å². The molecule has 2 heterocycles. The number of hydrogen-bond donors (Lipinski definition) is 2. The van der Waals surface area contributed by atoms with E-state index in [4.69, 9.17) is 23.2 Å². The standard InChI is InChI=1S/C23H23Cl2N5O3S/c24-21-8-5-19(14-22(21)25)29-10-12-30(13-11-29)34(32,33)20-6-3-18(4-7-20)28-23(31)27-16-17-2-1-9-26-15-17/h1-9,14-15H,10-13,16H2,(H2,27,28,31). The van der Waals surface area contributed by atoms with Gasteiger partial charge in [-0.25, -0.2) is 13.2 Å². The monoisotopic (exact) mass is 519 g/mol. The van der Waals surface area contributed by atoms with E-state index in [9.17, 15) is 13.2 Å². The van der Waals surface area contributed by atoms with Gasteiger partial charge >= 0.3 is 6.03 Å². The van der Waals surface area contributed by atoms with Gasteiger partial charge in [0.05, 0.1) is 14.9 Å². The molecule has 178 valence electrons. The molecule has 1 fully saturated rings. The number of hydrogen-bond acceptors (Lipinski definition) is 5. The lowest BCUT2D eigenvalue weighted by Gasteiger charge is -2.35. The van der Waals surface area contributed by atoms with Crippen molar-refractivity contribution in [3.8, 4) is 0 Å². The van der Waals surface area contributed by atoms with Gasteiger partial charge in [0.25, 0.3) is 0 Å². The zero-order valence-electron chi connectivity index (χ0n) is 18.1. The number of aromatic nitrogens is 1. The summed E-state index contributed by atoms with van der Waals surface area (Å²) >= 11 is 12.1. The van der Waals surface area contributed by atoms with Crippen LogP contribution in [0.4, 0.5) is 16.2 Å². The minimum absolute atomic E-state index is 0.178. The third kappa shape index (κ3) is 5.79. The van der Waals surface area contributed by atoms with Gasteiger partial charge in [-0.15, -0.1) is 0 Å². The van der Waals surface area contributed by atoms with Crippen LogP contribution in [0.1, 0.15) is 5.56 Å². The Morgan fingerprint density at radius 1 is 0.971 bits per heavy atom. The third-order valence-electron chi connectivity index (χ3n) is 5.43. The van der Waals surface area contributed by atoms with E-state index in [0.29, 0.717) is 48.5 Å². The highest BCUT2D eigenvalue weighted by Crippen LogP contribution is 2.28. The summed E-state index contributed by atoms with van der Waals surface area (Å²) in [5.41, 5.74) is 2.27. The van der Waals surface area contributed by atoms with Crippen molar-refractivity contribution in [2.24, 2.45) is 0 Å². The van der Waals surface area contributed by atoms with Crippen molar-refractivity contribution in [2.45, 2.75) is 11.4 Å². The van der Waals surface area contributed by atoms with E-state index >= 15 is 0 Å². The summed E-state index contributed by atoms with van der Waals surface area (Å²) in [7, 11) is -3.65. The molecule has 0 saturated carbocycles. The third-order valence-corrected chi connectivity index (χ3v) is 8.08. The smallest absolute Gasteiger partial charge is 0.319 e. The zero-order chi connectivity index (χ0) is 24.1. The van der Waals surface area contributed by atoms with Crippen LogP contribution in [0.5, 0.6) is 0 Å². The average molecular weight is 520 g/mol. The number of nitrogens with zero attached hydrogens (tertiary/aromatic N) is 3. The first-order chi connectivity index (χ1) is 16.3. The van der Waals surface area contributed by atoms with E-state index in [1.54, 1.807) is 42.7 Å². The number of carbonyl (C=O) groups is 1. The fourth-order valence-corrected chi connectivity index (χ4v) is 5.30. The Bertz CT molecular complexity index is 1250. The highest BCUT2D eigenvalue weighted by Gasteiger charge is 2.28. The Morgan fingerprint density at radius 3 is 2.35 bits per heavy atom. The summed E-state index contributed by atoms with van der Waals surface area (Å²) in [6, 6.07) is 14.8. The second kappa shape index (κ2) is 10.6. The van der Waals surface area contributed by atoms with Crippen LogP contribution in [-0.4, -0.2) is 49.9 Å². The molecule has 0 unspecified atom stereocenters. The van der Waals surface area contributed by atoms with Crippen LogP contribution in [0.3, 0.4) is 0 Å². The van der Waals surface area contributed by atoms with Crippen molar-refractivity contribution in [1.29, 1.82) is 0 Å². The van der Waals surface area contributed by atoms with Crippen molar-refractivity contribution >= 4 is 50.6 Å². The van der Waals surface area contributed by atoms with Gasteiger partial charge in [-0.3, -0.25) is 4.98 Å². The molecule has 34 heavy (non-hydrogen) atoms. The molecule has 1 aliphatic heterocycles. The van der Waals surface area contributed by atoms with Crippen LogP contribution >= 0.6 is 23.2 Å². The summed E-state index contributed by atoms with van der Waals surface area (Å²) in [4.78, 5) is 18.4. The number of halogens is 2. The van der Waals surface area contributed by atoms with Crippen LogP contribution in [0.2, 0.25) is 10.0 Å². The highest BCUT2D eigenvalue weighted by atomic mass is 35.5. The minimum Gasteiger partial charge on any atom is -0.369 e. The topological polar surface area (TPSA) is 94.6 Å². The number of amides is 2. The van der Waals surface area contributed by atoms with E-state index in [0.717, 1.165) is 11.3 Å². The van der Waals surface area contributed by atoms with Gasteiger partial charge < -0.3 is 15.5 Å². The van der Waals surface area contributed by atoms with E-state index < -0.39 is 16.1 Å². The normalized spacial score (nSPS) is 14.6. The van der Waals surface area contributed by atoms with E-state index in [2.05, 4.69) is 20.5 Å². The fourth-order valence-electron chi connectivity index (χ4n) is 3.59. The van der Waals surface area contributed by atoms with Crippen molar-refractivity contribution in [3.63, 3.8) is 0 Å². The van der Waals surface area contributed by atoms with Gasteiger partial charge in [-0.05, 0) is 54.1 Å². The molecule has 0 atom stereocenters. The summed E-state index contributed by atoms with van der Waals surface area (Å²) in [5.74, 6) is 0. The number of sulfonamides is 1. The Morgan fingerprint density at radius 2 is 1.71 bits per heavy atom. The molecule has 0 aliphatic carbocycles. The van der Waals surface area contributed by atoms with Gasteiger partial charge in [-0.1, -0.05) is 29.3 Å². The Labute approximate surface area is 208 Å². The maximum Gasteiger partial charge on any atom is 0.319 e. The molecule has 2 aromatic carbocycles. The van der Waals surface area contributed by atoms with Crippen LogP contribution in [0.25, 0.3) is 0 Å². The first-order valence-corrected chi connectivity index (χ1v) is 12.8. The fraction of sp³-hybridized carbons (Fsp3) is 0.217. The zero-order valence-corrected chi connectivity index (χ0v) is 20.4. The molecule has 11 heteroatoms. The molecular weight excluding hydrogens is 497 g/mol. The Kier molecular flexibility index (Phi) is 7.57. The second-order valence-electron chi connectivity index (χ2n) is 7.68. The van der Waals surface area contributed by atoms with E-state index in [1.807, 2.05) is 12.1 Å². The van der Waals surface area contributed by atoms with Crippen molar-refractivity contribution in [1.82, 2.24) is 14.6 Å². The first kappa shape index (κ1) is 24.3. The van der Waals surface area contributed by atoms with Crippen LogP contribution in [0.15, 0.2) is 71.9 Å². The van der Waals surface area contributed by atoms with Crippen LogP contribution in [-0.2, 0) is 16.6 Å². The van der Waals surface area contributed by atoms with E-state index in [-0.39, 0.29) is 4.90 Å². The SMILES string of the molecule is O=C(NCc1cccnc1)Nc1ccc(S(=O)(=O)N2CCN(c3ccc(Cl)c(Cl)c3)CC2)cc1. The van der Waals surface area contributed by atoms with Crippen LogP contribution < -0.4 is 15.5 Å². The molecule has 1 aromatic heterocycles. The minimum atomic E-state index is -3.65. The summed E-state index contributed by atoms with van der Waals surface area (Å²) in [6.07, 6.45) is 3.33. The highest BCUT2D eigenvalue weighted by molar-refractivity contribution is 7.89. The van der Waals surface area contributed by atoms with Crippen molar-refractivity contribution < 1.29 is 13.2 Å². The largest absolute Gasteiger partial charge is 0.369 e. The van der Waals surface area contributed by atoms with E-state index in [1.165, 1.54) is 16.4 Å². The number of piperazine rings is 1. The first-order valence-electron chi connectivity index (χ1n) is 10.6. The summed E-state index contributed by atoms with van der Waals surface area (Å²) < 4.78 is 27.6. The number of benzene rings is 2. The Balaban J connectivity index is 1.33. The Hall–Kier alpha value is -2.85. The van der Waals surface area contributed by atoms with Crippen LogP contribution in [0, 0.1) is 0 Å². The number of anilines is 2. The average Bonchev–Trinajstić information content (AvgIpc) is 2.85. The van der Waals surface area contributed by atoms with Crippen molar-refractivity contribution in [3.05, 3.63) is 82.6 Å².